The van der Waals surface area contributed by atoms with E-state index in [1.54, 1.807) is 6.26 Å². The molecule has 1 aromatic rings. The topological polar surface area (TPSA) is 51.2 Å². The molecule has 0 aliphatic carbocycles. The summed E-state index contributed by atoms with van der Waals surface area (Å²) in [5.74, 6) is 2.14. The van der Waals surface area contributed by atoms with Crippen LogP contribution in [0.5, 0.6) is 0 Å². The second-order valence-electron chi connectivity index (χ2n) is 3.61. The van der Waals surface area contributed by atoms with Gasteiger partial charge in [-0.3, -0.25) is 0 Å². The predicted octanol–water partition coefficient (Wildman–Crippen LogP) is 0.931. The maximum absolute atomic E-state index is 5.72. The molecule has 72 valence electrons. The van der Waals surface area contributed by atoms with Crippen LogP contribution in [0.25, 0.3) is 0 Å². The van der Waals surface area contributed by atoms with Crippen molar-refractivity contribution in [1.82, 2.24) is 5.32 Å². The minimum Gasteiger partial charge on any atom is -0.469 e. The molecule has 13 heavy (non-hydrogen) atoms. The largest absolute Gasteiger partial charge is 0.469 e. The van der Waals surface area contributed by atoms with Gasteiger partial charge in [-0.1, -0.05) is 0 Å². The van der Waals surface area contributed by atoms with Crippen molar-refractivity contribution in [1.29, 1.82) is 0 Å². The summed E-state index contributed by atoms with van der Waals surface area (Å²) in [5, 5.41) is 3.36. The summed E-state index contributed by atoms with van der Waals surface area (Å²) in [5.41, 5.74) is 5.72. The molecule has 0 spiro atoms. The van der Waals surface area contributed by atoms with Crippen LogP contribution >= 0.6 is 0 Å². The second kappa shape index (κ2) is 3.94. The molecule has 3 N–H and O–H groups in total. The number of furan rings is 1. The quantitative estimate of drug-likeness (QED) is 0.712. The van der Waals surface area contributed by atoms with Gasteiger partial charge in [-0.25, -0.2) is 0 Å². The summed E-state index contributed by atoms with van der Waals surface area (Å²) >= 11 is 0. The summed E-state index contributed by atoms with van der Waals surface area (Å²) < 4.78 is 5.42. The van der Waals surface area contributed by atoms with Crippen molar-refractivity contribution in [3.8, 4) is 0 Å². The molecule has 2 rings (SSSR count). The van der Waals surface area contributed by atoms with Gasteiger partial charge in [0.1, 0.15) is 5.76 Å². The maximum Gasteiger partial charge on any atom is 0.107 e. The van der Waals surface area contributed by atoms with Gasteiger partial charge in [0.2, 0.25) is 0 Å². The lowest BCUT2D eigenvalue weighted by Crippen LogP contribution is -2.39. The highest BCUT2D eigenvalue weighted by Gasteiger charge is 2.26. The Bertz CT molecular complexity index is 245. The van der Waals surface area contributed by atoms with Gasteiger partial charge in [0, 0.05) is 5.92 Å². The Labute approximate surface area is 78.3 Å². The molecule has 3 heteroatoms. The van der Waals surface area contributed by atoms with Crippen molar-refractivity contribution in [3.63, 3.8) is 0 Å². The Morgan fingerprint density at radius 3 is 3.23 bits per heavy atom. The number of piperidine rings is 1. The summed E-state index contributed by atoms with van der Waals surface area (Å²) in [6.45, 7) is 2.82. The first-order chi connectivity index (χ1) is 6.42. The van der Waals surface area contributed by atoms with Gasteiger partial charge < -0.3 is 15.5 Å². The summed E-state index contributed by atoms with van der Waals surface area (Å²) in [6.07, 6.45) is 2.88. The van der Waals surface area contributed by atoms with E-state index in [1.165, 1.54) is 0 Å². The van der Waals surface area contributed by atoms with Crippen LogP contribution in [0.15, 0.2) is 22.8 Å². The van der Waals surface area contributed by atoms with Crippen LogP contribution in [0, 0.1) is 5.92 Å². The van der Waals surface area contributed by atoms with Gasteiger partial charge in [-0.05, 0) is 44.1 Å². The van der Waals surface area contributed by atoms with Crippen molar-refractivity contribution in [2.24, 2.45) is 11.7 Å². The van der Waals surface area contributed by atoms with Crippen LogP contribution in [0.2, 0.25) is 0 Å². The van der Waals surface area contributed by atoms with Crippen LogP contribution in [0.1, 0.15) is 18.1 Å². The molecule has 2 atom stereocenters. The molecule has 0 bridgehead atoms. The third kappa shape index (κ3) is 1.76. The highest BCUT2D eigenvalue weighted by molar-refractivity contribution is 5.08. The molecule has 0 radical (unpaired) electrons. The van der Waals surface area contributed by atoms with Crippen molar-refractivity contribution >= 4 is 0 Å². The zero-order chi connectivity index (χ0) is 9.10. The van der Waals surface area contributed by atoms with Gasteiger partial charge >= 0.3 is 0 Å². The van der Waals surface area contributed by atoms with Gasteiger partial charge in [-0.2, -0.15) is 0 Å². The molecular formula is C10H16N2O. The molecule has 0 saturated carbocycles. The Hall–Kier alpha value is -0.800. The van der Waals surface area contributed by atoms with Crippen LogP contribution in [-0.4, -0.2) is 19.6 Å². The molecule has 1 aliphatic rings. The minimum absolute atomic E-state index is 0.515. The lowest BCUT2D eigenvalue weighted by molar-refractivity contribution is 0.293. The zero-order valence-corrected chi connectivity index (χ0v) is 7.70. The first-order valence-corrected chi connectivity index (χ1v) is 4.86. The molecule has 1 fully saturated rings. The van der Waals surface area contributed by atoms with Crippen LogP contribution in [0.4, 0.5) is 0 Å². The molecule has 1 aliphatic heterocycles. The van der Waals surface area contributed by atoms with E-state index in [0.29, 0.717) is 11.8 Å². The summed E-state index contributed by atoms with van der Waals surface area (Å²) in [6, 6.07) is 4.00. The molecule has 3 nitrogen and oxygen atoms in total. The standard InChI is InChI=1S/C10H16N2O/c11-6-8-7-12-4-3-9(8)10-2-1-5-13-10/h1-2,5,8-9,12H,3-4,6-7,11H2. The van der Waals surface area contributed by atoms with Crippen LogP contribution < -0.4 is 11.1 Å². The summed E-state index contributed by atoms with van der Waals surface area (Å²) in [7, 11) is 0. The van der Waals surface area contributed by atoms with Crippen molar-refractivity contribution in [3.05, 3.63) is 24.2 Å². The Morgan fingerprint density at radius 2 is 2.54 bits per heavy atom. The molecule has 1 saturated heterocycles. The van der Waals surface area contributed by atoms with Crippen molar-refractivity contribution in [2.45, 2.75) is 12.3 Å². The smallest absolute Gasteiger partial charge is 0.107 e. The second-order valence-corrected chi connectivity index (χ2v) is 3.61. The Morgan fingerprint density at radius 1 is 1.62 bits per heavy atom. The van der Waals surface area contributed by atoms with E-state index in [2.05, 4.69) is 11.4 Å². The van der Waals surface area contributed by atoms with Crippen molar-refractivity contribution in [2.75, 3.05) is 19.6 Å². The molecule has 0 amide bonds. The minimum atomic E-state index is 0.515. The van der Waals surface area contributed by atoms with Crippen molar-refractivity contribution < 1.29 is 4.42 Å². The number of nitrogens with two attached hydrogens (primary N) is 1. The number of nitrogens with one attached hydrogen (secondary N) is 1. The predicted molar refractivity (Wildman–Crippen MR) is 51.5 cm³/mol. The van der Waals surface area contributed by atoms with Crippen LogP contribution in [-0.2, 0) is 0 Å². The van der Waals surface area contributed by atoms with E-state index in [9.17, 15) is 0 Å². The lowest BCUT2D eigenvalue weighted by Gasteiger charge is -2.29. The SMILES string of the molecule is NCC1CNCCC1c1ccco1. The monoisotopic (exact) mass is 180 g/mol. The van der Waals surface area contributed by atoms with E-state index in [4.69, 9.17) is 10.2 Å². The highest BCUT2D eigenvalue weighted by Crippen LogP contribution is 2.29. The van der Waals surface area contributed by atoms with E-state index < -0.39 is 0 Å². The number of hydrogen-bond donors (Lipinski definition) is 2. The Balaban J connectivity index is 2.11. The molecule has 1 aromatic heterocycles. The van der Waals surface area contributed by atoms with Gasteiger partial charge in [-0.15, -0.1) is 0 Å². The fourth-order valence-corrected chi connectivity index (χ4v) is 2.05. The maximum atomic E-state index is 5.72. The van der Waals surface area contributed by atoms with Gasteiger partial charge in [0.05, 0.1) is 6.26 Å². The third-order valence-corrected chi connectivity index (χ3v) is 2.82. The molecule has 2 unspecified atom stereocenters. The first kappa shape index (κ1) is 8.78. The van der Waals surface area contributed by atoms with Gasteiger partial charge in [0.25, 0.3) is 0 Å². The lowest BCUT2D eigenvalue weighted by atomic mass is 9.85. The normalized spacial score (nSPS) is 29.0. The van der Waals surface area contributed by atoms with Gasteiger partial charge in [0.15, 0.2) is 0 Å². The molecular weight excluding hydrogens is 164 g/mol. The van der Waals surface area contributed by atoms with E-state index in [-0.39, 0.29) is 0 Å². The molecule has 2 heterocycles. The number of rotatable bonds is 2. The fraction of sp³-hybridized carbons (Fsp3) is 0.600. The Kier molecular flexibility index (Phi) is 2.66. The van der Waals surface area contributed by atoms with E-state index in [0.717, 1.165) is 31.8 Å². The van der Waals surface area contributed by atoms with Crippen LogP contribution in [0.3, 0.4) is 0 Å². The summed E-state index contributed by atoms with van der Waals surface area (Å²) in [4.78, 5) is 0. The number of hydrogen-bond acceptors (Lipinski definition) is 3. The molecule has 0 aromatic carbocycles. The fourth-order valence-electron chi connectivity index (χ4n) is 2.05. The first-order valence-electron chi connectivity index (χ1n) is 4.86. The highest BCUT2D eigenvalue weighted by atomic mass is 16.3. The average molecular weight is 180 g/mol. The van der Waals surface area contributed by atoms with E-state index in [1.807, 2.05) is 6.07 Å². The average Bonchev–Trinajstić information content (AvgIpc) is 2.70. The third-order valence-electron chi connectivity index (χ3n) is 2.82. The van der Waals surface area contributed by atoms with E-state index >= 15 is 0 Å². The zero-order valence-electron chi connectivity index (χ0n) is 7.70.